The monoisotopic (exact) mass is 741 g/mol. The van der Waals surface area contributed by atoms with Crippen LogP contribution >= 0.6 is 0 Å². The summed E-state index contributed by atoms with van der Waals surface area (Å²) in [5.74, 6) is 0. The number of para-hydroxylation sites is 1. The van der Waals surface area contributed by atoms with Crippen LogP contribution in [0.25, 0.3) is 83.3 Å². The van der Waals surface area contributed by atoms with Crippen molar-refractivity contribution in [3.05, 3.63) is 217 Å². The van der Waals surface area contributed by atoms with Crippen LogP contribution in [0.1, 0.15) is 17.5 Å². The van der Waals surface area contributed by atoms with Gasteiger partial charge in [-0.3, -0.25) is 0 Å². The summed E-state index contributed by atoms with van der Waals surface area (Å²) < 4.78 is 6.12. The number of allylic oxidation sites excluding steroid dienone is 1. The van der Waals surface area contributed by atoms with Gasteiger partial charge in [0.15, 0.2) is 0 Å². The number of nitrogens with zero attached hydrogens (tertiary/aromatic N) is 1. The summed E-state index contributed by atoms with van der Waals surface area (Å²) >= 11 is 0. The van der Waals surface area contributed by atoms with Crippen molar-refractivity contribution in [2.24, 2.45) is 0 Å². The number of benzene rings is 9. The maximum Gasteiger partial charge on any atom is 0.135 e. The van der Waals surface area contributed by atoms with E-state index in [1.54, 1.807) is 0 Å². The molecule has 0 N–H and O–H groups in total. The lowest BCUT2D eigenvalue weighted by Crippen LogP contribution is -2.10. The molecule has 0 aliphatic heterocycles. The topological polar surface area (TPSA) is 16.4 Å². The van der Waals surface area contributed by atoms with Crippen LogP contribution in [0.4, 0.5) is 17.1 Å². The standard InChI is InChI=1S/C56H39NO/c1-2-10-38(11-3-1)39-22-28-48(29-23-39)57(49-30-24-40(25-31-49)46-27-33-56-54(37-46)53-18-6-7-19-55(53)58-56)50-16-9-15-44(36-50)42-13-8-14-43(34-42)45-26-32-52-47(35-45)21-20-41-12-4-5-17-51(41)52/h1-3,5-11,13-37H,4,12H2. The van der Waals surface area contributed by atoms with Crippen molar-refractivity contribution < 1.29 is 4.42 Å². The quantitative estimate of drug-likeness (QED) is 0.162. The van der Waals surface area contributed by atoms with Crippen molar-refractivity contribution in [2.45, 2.75) is 12.8 Å². The Balaban J connectivity index is 0.961. The van der Waals surface area contributed by atoms with E-state index in [2.05, 4.69) is 205 Å². The van der Waals surface area contributed by atoms with Crippen molar-refractivity contribution in [3.8, 4) is 44.5 Å². The van der Waals surface area contributed by atoms with Gasteiger partial charge in [0.1, 0.15) is 11.2 Å². The normalized spacial score (nSPS) is 12.3. The third-order valence-corrected chi connectivity index (χ3v) is 11.7. The Morgan fingerprint density at radius 1 is 0.362 bits per heavy atom. The molecular formula is C56H39NO. The van der Waals surface area contributed by atoms with Gasteiger partial charge in [0, 0.05) is 27.8 Å². The predicted molar refractivity (Wildman–Crippen MR) is 245 cm³/mol. The van der Waals surface area contributed by atoms with Crippen LogP contribution < -0.4 is 4.90 Å². The highest BCUT2D eigenvalue weighted by Gasteiger charge is 2.16. The van der Waals surface area contributed by atoms with E-state index in [1.807, 2.05) is 12.1 Å². The molecule has 58 heavy (non-hydrogen) atoms. The van der Waals surface area contributed by atoms with Crippen LogP contribution in [0, 0.1) is 0 Å². The molecule has 0 spiro atoms. The summed E-state index contributed by atoms with van der Waals surface area (Å²) in [7, 11) is 0. The molecule has 0 unspecified atom stereocenters. The first-order valence-electron chi connectivity index (χ1n) is 20.1. The molecule has 2 heteroatoms. The SMILES string of the molecule is C1=Cc2c(ccc3cc(-c4cccc(-c5cccc(N(c6ccc(-c7ccccc7)cc6)c6ccc(-c7ccc8oc9ccccc9c8c7)cc6)c5)c4)ccc23)CC1. The Bertz CT molecular complexity index is 3150. The minimum Gasteiger partial charge on any atom is -0.456 e. The lowest BCUT2D eigenvalue weighted by atomic mass is 9.90. The highest BCUT2D eigenvalue weighted by Crippen LogP contribution is 2.40. The third-order valence-electron chi connectivity index (χ3n) is 11.7. The molecule has 1 aliphatic carbocycles. The first-order chi connectivity index (χ1) is 28.7. The molecule has 1 aromatic heterocycles. The average Bonchev–Trinajstić information content (AvgIpc) is 3.68. The van der Waals surface area contributed by atoms with Crippen LogP contribution in [-0.4, -0.2) is 0 Å². The highest BCUT2D eigenvalue weighted by atomic mass is 16.3. The Labute approximate surface area is 338 Å². The van der Waals surface area contributed by atoms with Crippen LogP contribution in [0.5, 0.6) is 0 Å². The van der Waals surface area contributed by atoms with Crippen LogP contribution in [0.2, 0.25) is 0 Å². The zero-order chi connectivity index (χ0) is 38.4. The molecule has 9 aromatic carbocycles. The van der Waals surface area contributed by atoms with Gasteiger partial charge in [-0.15, -0.1) is 0 Å². The summed E-state index contributed by atoms with van der Waals surface area (Å²) in [6.07, 6.45) is 6.84. The molecule has 2 nitrogen and oxygen atoms in total. The molecule has 0 radical (unpaired) electrons. The van der Waals surface area contributed by atoms with Crippen molar-refractivity contribution in [1.82, 2.24) is 0 Å². The molecule has 11 rings (SSSR count). The number of aryl methyl sites for hydroxylation is 1. The molecule has 10 aromatic rings. The van der Waals surface area contributed by atoms with Crippen molar-refractivity contribution >= 4 is 55.8 Å². The second-order valence-electron chi connectivity index (χ2n) is 15.3. The van der Waals surface area contributed by atoms with Gasteiger partial charge in [-0.05, 0) is 146 Å². The van der Waals surface area contributed by atoms with Crippen LogP contribution in [0.15, 0.2) is 211 Å². The number of furan rings is 1. The van der Waals surface area contributed by atoms with E-state index in [9.17, 15) is 0 Å². The van der Waals surface area contributed by atoms with Gasteiger partial charge >= 0.3 is 0 Å². The molecule has 0 amide bonds. The molecule has 0 atom stereocenters. The van der Waals surface area contributed by atoms with Gasteiger partial charge in [0.05, 0.1) is 0 Å². The fraction of sp³-hybridized carbons (Fsp3) is 0.0357. The van der Waals surface area contributed by atoms with E-state index in [1.165, 1.54) is 55.3 Å². The lowest BCUT2D eigenvalue weighted by molar-refractivity contribution is 0.669. The molecule has 1 heterocycles. The van der Waals surface area contributed by atoms with Gasteiger partial charge < -0.3 is 9.32 Å². The zero-order valence-corrected chi connectivity index (χ0v) is 32.0. The summed E-state index contributed by atoms with van der Waals surface area (Å²) in [5, 5.41) is 4.89. The highest BCUT2D eigenvalue weighted by molar-refractivity contribution is 6.06. The zero-order valence-electron chi connectivity index (χ0n) is 32.0. The predicted octanol–water partition coefficient (Wildman–Crippen LogP) is 15.8. The fourth-order valence-corrected chi connectivity index (χ4v) is 8.73. The fourth-order valence-electron chi connectivity index (χ4n) is 8.73. The van der Waals surface area contributed by atoms with Gasteiger partial charge in [-0.1, -0.05) is 146 Å². The summed E-state index contributed by atoms with van der Waals surface area (Å²) in [6, 6.07) is 72.5. The first kappa shape index (κ1) is 33.9. The van der Waals surface area contributed by atoms with E-state index in [4.69, 9.17) is 4.42 Å². The van der Waals surface area contributed by atoms with E-state index in [0.717, 1.165) is 63.0 Å². The van der Waals surface area contributed by atoms with Crippen molar-refractivity contribution in [1.29, 1.82) is 0 Å². The number of rotatable bonds is 7. The molecule has 274 valence electrons. The number of anilines is 3. The average molecular weight is 742 g/mol. The van der Waals surface area contributed by atoms with E-state index in [0.29, 0.717) is 0 Å². The van der Waals surface area contributed by atoms with Crippen LogP contribution in [0.3, 0.4) is 0 Å². The molecule has 0 bridgehead atoms. The minimum atomic E-state index is 0.908. The largest absolute Gasteiger partial charge is 0.456 e. The smallest absolute Gasteiger partial charge is 0.135 e. The van der Waals surface area contributed by atoms with Gasteiger partial charge in [0.25, 0.3) is 0 Å². The molecular weight excluding hydrogens is 703 g/mol. The van der Waals surface area contributed by atoms with Crippen LogP contribution in [-0.2, 0) is 6.42 Å². The summed E-state index contributed by atoms with van der Waals surface area (Å²) in [5.41, 5.74) is 17.4. The Kier molecular flexibility index (Phi) is 8.33. The van der Waals surface area contributed by atoms with Gasteiger partial charge in [0.2, 0.25) is 0 Å². The van der Waals surface area contributed by atoms with Gasteiger partial charge in [-0.2, -0.15) is 0 Å². The summed E-state index contributed by atoms with van der Waals surface area (Å²) in [4.78, 5) is 2.36. The Morgan fingerprint density at radius 2 is 0.948 bits per heavy atom. The van der Waals surface area contributed by atoms with Gasteiger partial charge in [-0.25, -0.2) is 0 Å². The minimum absolute atomic E-state index is 0.908. The van der Waals surface area contributed by atoms with Crippen molar-refractivity contribution in [2.75, 3.05) is 4.90 Å². The lowest BCUT2D eigenvalue weighted by Gasteiger charge is -2.26. The number of hydrogen-bond acceptors (Lipinski definition) is 2. The first-order valence-corrected chi connectivity index (χ1v) is 20.1. The second kappa shape index (κ2) is 14.3. The Hall–Kier alpha value is -7.42. The second-order valence-corrected chi connectivity index (χ2v) is 15.3. The number of hydrogen-bond donors (Lipinski definition) is 0. The molecule has 0 saturated carbocycles. The van der Waals surface area contributed by atoms with E-state index >= 15 is 0 Å². The third kappa shape index (κ3) is 6.16. The molecule has 1 aliphatic rings. The molecule has 0 fully saturated rings. The Morgan fingerprint density at radius 3 is 1.74 bits per heavy atom. The maximum atomic E-state index is 6.12. The number of fused-ring (bicyclic) bond motifs is 6. The summed E-state index contributed by atoms with van der Waals surface area (Å²) in [6.45, 7) is 0. The maximum absolute atomic E-state index is 6.12. The molecule has 0 saturated heterocycles. The van der Waals surface area contributed by atoms with Crippen molar-refractivity contribution in [3.63, 3.8) is 0 Å². The van der Waals surface area contributed by atoms with E-state index in [-0.39, 0.29) is 0 Å². The van der Waals surface area contributed by atoms with E-state index < -0.39 is 0 Å².